The zero-order chi connectivity index (χ0) is 14.7. The van der Waals surface area contributed by atoms with Gasteiger partial charge >= 0.3 is 0 Å². The molecule has 4 nitrogen and oxygen atoms in total. The minimum atomic E-state index is -0.269. The van der Waals surface area contributed by atoms with E-state index in [0.717, 1.165) is 31.2 Å². The van der Waals surface area contributed by atoms with Gasteiger partial charge in [0.25, 0.3) is 0 Å². The first-order valence-corrected chi connectivity index (χ1v) is 7.29. The summed E-state index contributed by atoms with van der Waals surface area (Å²) in [6.07, 6.45) is 4.93. The number of hydrogen-bond acceptors (Lipinski definition) is 4. The van der Waals surface area contributed by atoms with Gasteiger partial charge in [0.15, 0.2) is 5.82 Å². The molecule has 1 aliphatic carbocycles. The molecule has 0 bridgehead atoms. The van der Waals surface area contributed by atoms with Gasteiger partial charge in [-0.15, -0.1) is 0 Å². The van der Waals surface area contributed by atoms with E-state index in [1.807, 2.05) is 0 Å². The molecule has 5 heteroatoms. The number of ketones is 1. The highest BCUT2D eigenvalue weighted by molar-refractivity contribution is 5.82. The first-order chi connectivity index (χ1) is 10.2. The van der Waals surface area contributed by atoms with Crippen LogP contribution < -0.4 is 0 Å². The van der Waals surface area contributed by atoms with Gasteiger partial charge in [0, 0.05) is 12.3 Å². The lowest BCUT2D eigenvalue weighted by molar-refractivity contribution is -0.122. The first kappa shape index (κ1) is 13.9. The second kappa shape index (κ2) is 6.16. The molecular weight excluding hydrogens is 271 g/mol. The van der Waals surface area contributed by atoms with Gasteiger partial charge in [0.2, 0.25) is 5.89 Å². The second-order valence-corrected chi connectivity index (χ2v) is 5.53. The number of halogens is 1. The van der Waals surface area contributed by atoms with Crippen LogP contribution in [0.1, 0.15) is 43.0 Å². The first-order valence-electron chi connectivity index (χ1n) is 7.29. The molecule has 1 aromatic heterocycles. The highest BCUT2D eigenvalue weighted by Gasteiger charge is 2.24. The van der Waals surface area contributed by atoms with E-state index in [0.29, 0.717) is 18.1 Å². The van der Waals surface area contributed by atoms with Crippen molar-refractivity contribution in [2.45, 2.75) is 38.5 Å². The van der Waals surface area contributed by atoms with Crippen molar-refractivity contribution in [2.24, 2.45) is 5.92 Å². The van der Waals surface area contributed by atoms with Crippen LogP contribution >= 0.6 is 0 Å². The Morgan fingerprint density at radius 2 is 1.95 bits per heavy atom. The van der Waals surface area contributed by atoms with Crippen LogP contribution in [0.3, 0.4) is 0 Å². The molecular formula is C16H17FN2O2. The van der Waals surface area contributed by atoms with Crippen molar-refractivity contribution >= 4 is 5.78 Å². The van der Waals surface area contributed by atoms with Crippen molar-refractivity contribution in [2.75, 3.05) is 0 Å². The van der Waals surface area contributed by atoms with Crippen LogP contribution in [0, 0.1) is 11.7 Å². The minimum Gasteiger partial charge on any atom is -0.339 e. The van der Waals surface area contributed by atoms with Gasteiger partial charge < -0.3 is 4.52 Å². The van der Waals surface area contributed by atoms with Crippen molar-refractivity contribution in [1.29, 1.82) is 0 Å². The fourth-order valence-electron chi connectivity index (χ4n) is 2.76. The lowest BCUT2D eigenvalue weighted by atomic mass is 10.0. The molecule has 21 heavy (non-hydrogen) atoms. The Bertz CT molecular complexity index is 615. The van der Waals surface area contributed by atoms with Crippen LogP contribution in [-0.4, -0.2) is 15.9 Å². The van der Waals surface area contributed by atoms with Crippen LogP contribution in [0.15, 0.2) is 28.8 Å². The Morgan fingerprint density at radius 1 is 1.24 bits per heavy atom. The highest BCUT2D eigenvalue weighted by atomic mass is 19.1. The fraction of sp³-hybridized carbons (Fsp3) is 0.438. The largest absolute Gasteiger partial charge is 0.339 e. The van der Waals surface area contributed by atoms with Gasteiger partial charge in [0.1, 0.15) is 11.6 Å². The number of carbonyl (C=O) groups excluding carboxylic acids is 1. The summed E-state index contributed by atoms with van der Waals surface area (Å²) >= 11 is 0. The molecule has 0 radical (unpaired) electrons. The average Bonchev–Trinajstić information content (AvgIpc) is 3.13. The van der Waals surface area contributed by atoms with Crippen LogP contribution in [0.2, 0.25) is 0 Å². The monoisotopic (exact) mass is 288 g/mol. The molecule has 1 heterocycles. The molecule has 0 N–H and O–H groups in total. The third-order valence-electron chi connectivity index (χ3n) is 3.92. The van der Waals surface area contributed by atoms with Crippen molar-refractivity contribution in [3.63, 3.8) is 0 Å². The van der Waals surface area contributed by atoms with Crippen LogP contribution in [0.25, 0.3) is 0 Å². The van der Waals surface area contributed by atoms with Crippen molar-refractivity contribution < 1.29 is 13.7 Å². The van der Waals surface area contributed by atoms with Gasteiger partial charge in [-0.25, -0.2) is 4.39 Å². The third-order valence-corrected chi connectivity index (χ3v) is 3.92. The van der Waals surface area contributed by atoms with Crippen LogP contribution in [0.5, 0.6) is 0 Å². The quantitative estimate of drug-likeness (QED) is 0.848. The molecule has 0 amide bonds. The summed E-state index contributed by atoms with van der Waals surface area (Å²) in [6, 6.07) is 6.18. The lowest BCUT2D eigenvalue weighted by Gasteiger charge is -2.04. The second-order valence-electron chi connectivity index (χ2n) is 5.53. The fourth-order valence-corrected chi connectivity index (χ4v) is 2.76. The molecule has 1 aliphatic rings. The molecule has 0 spiro atoms. The predicted molar refractivity (Wildman–Crippen MR) is 74.2 cm³/mol. The van der Waals surface area contributed by atoms with Gasteiger partial charge in [0.05, 0.1) is 6.42 Å². The number of aromatic nitrogens is 2. The summed E-state index contributed by atoms with van der Waals surface area (Å²) in [4.78, 5) is 16.3. The maximum atomic E-state index is 12.8. The summed E-state index contributed by atoms with van der Waals surface area (Å²) in [5.74, 6) is 0.997. The summed E-state index contributed by atoms with van der Waals surface area (Å²) in [7, 11) is 0. The van der Waals surface area contributed by atoms with Gasteiger partial charge in [-0.3, -0.25) is 4.79 Å². The Labute approximate surface area is 122 Å². The molecule has 0 saturated heterocycles. The minimum absolute atomic E-state index is 0.164. The van der Waals surface area contributed by atoms with E-state index in [1.54, 1.807) is 12.1 Å². The number of Topliss-reactive ketones (excluding diaryl/α,β-unsaturated/α-hetero) is 1. The van der Waals surface area contributed by atoms with Crippen LogP contribution in [0.4, 0.5) is 4.39 Å². The van der Waals surface area contributed by atoms with E-state index < -0.39 is 0 Å². The highest BCUT2D eigenvalue weighted by Crippen LogP contribution is 2.26. The molecule has 110 valence electrons. The van der Waals surface area contributed by atoms with E-state index in [4.69, 9.17) is 4.52 Å². The molecule has 0 unspecified atom stereocenters. The lowest BCUT2D eigenvalue weighted by Crippen LogP contribution is -2.13. The Hall–Kier alpha value is -2.04. The average molecular weight is 288 g/mol. The zero-order valence-corrected chi connectivity index (χ0v) is 11.7. The summed E-state index contributed by atoms with van der Waals surface area (Å²) in [6.45, 7) is 0. The van der Waals surface area contributed by atoms with E-state index in [9.17, 15) is 9.18 Å². The smallest absolute Gasteiger partial charge is 0.234 e. The van der Waals surface area contributed by atoms with E-state index in [2.05, 4.69) is 10.1 Å². The Kier molecular flexibility index (Phi) is 4.08. The summed E-state index contributed by atoms with van der Waals surface area (Å²) < 4.78 is 18.0. The number of nitrogens with zero attached hydrogens (tertiary/aromatic N) is 2. The summed E-state index contributed by atoms with van der Waals surface area (Å²) in [5.41, 5.74) is 0.908. The van der Waals surface area contributed by atoms with Gasteiger partial charge in [-0.1, -0.05) is 30.1 Å². The van der Waals surface area contributed by atoms with Gasteiger partial charge in [-0.05, 0) is 30.5 Å². The van der Waals surface area contributed by atoms with Gasteiger partial charge in [-0.2, -0.15) is 4.98 Å². The van der Waals surface area contributed by atoms with Crippen molar-refractivity contribution in [1.82, 2.24) is 10.1 Å². The van der Waals surface area contributed by atoms with E-state index in [-0.39, 0.29) is 23.9 Å². The number of hydrogen-bond donors (Lipinski definition) is 0. The number of carbonyl (C=O) groups is 1. The molecule has 1 aromatic carbocycles. The Morgan fingerprint density at radius 3 is 2.67 bits per heavy atom. The topological polar surface area (TPSA) is 56.0 Å². The standard InChI is InChI=1S/C16H17FN2O2/c17-13-7-5-11(6-8-13)9-15-18-16(21-19-15)10-14(20)12-3-1-2-4-12/h5-8,12H,1-4,9-10H2. The molecule has 1 saturated carbocycles. The number of benzene rings is 1. The van der Waals surface area contributed by atoms with E-state index in [1.165, 1.54) is 12.1 Å². The number of rotatable bonds is 5. The molecule has 2 aromatic rings. The molecule has 1 fully saturated rings. The molecule has 3 rings (SSSR count). The Balaban J connectivity index is 1.60. The SMILES string of the molecule is O=C(Cc1nc(Cc2ccc(F)cc2)no1)C1CCCC1. The van der Waals surface area contributed by atoms with Crippen molar-refractivity contribution in [3.8, 4) is 0 Å². The maximum absolute atomic E-state index is 12.8. The maximum Gasteiger partial charge on any atom is 0.234 e. The zero-order valence-electron chi connectivity index (χ0n) is 11.7. The van der Waals surface area contributed by atoms with Crippen LogP contribution in [-0.2, 0) is 17.6 Å². The third kappa shape index (κ3) is 3.54. The van der Waals surface area contributed by atoms with E-state index >= 15 is 0 Å². The molecule has 0 atom stereocenters. The normalized spacial score (nSPS) is 15.5. The predicted octanol–water partition coefficient (Wildman–Crippen LogP) is 3.10. The van der Waals surface area contributed by atoms with Crippen molar-refractivity contribution in [3.05, 3.63) is 47.4 Å². The molecule has 0 aliphatic heterocycles. The summed E-state index contributed by atoms with van der Waals surface area (Å²) in [5, 5.41) is 3.88.